The fraction of sp³-hybridized carbons (Fsp3) is 1.00. The molecule has 2 fully saturated rings. The molecule has 1 aliphatic heterocycles. The Bertz CT molecular complexity index is 264. The monoisotopic (exact) mass is 280 g/mol. The highest BCUT2D eigenvalue weighted by Crippen LogP contribution is 2.31. The van der Waals surface area contributed by atoms with Crippen molar-refractivity contribution in [3.63, 3.8) is 0 Å². The molecule has 2 rings (SSSR count). The minimum atomic E-state index is 0.779. The number of hydrogen-bond donors (Lipinski definition) is 1. The summed E-state index contributed by atoms with van der Waals surface area (Å²) in [6, 6.07) is 1.58. The quantitative estimate of drug-likeness (QED) is 0.817. The van der Waals surface area contributed by atoms with Crippen molar-refractivity contribution in [1.82, 2.24) is 10.2 Å². The van der Waals surface area contributed by atoms with Crippen LogP contribution in [0.1, 0.15) is 72.1 Å². The molecule has 1 heterocycles. The highest BCUT2D eigenvalue weighted by molar-refractivity contribution is 4.86. The van der Waals surface area contributed by atoms with Crippen LogP contribution >= 0.6 is 0 Å². The first-order valence-electron chi connectivity index (χ1n) is 9.19. The minimum absolute atomic E-state index is 0.779. The number of rotatable bonds is 5. The second-order valence-corrected chi connectivity index (χ2v) is 7.43. The number of likely N-dealkylation sites (tertiary alicyclic amines) is 1. The average molecular weight is 280 g/mol. The van der Waals surface area contributed by atoms with E-state index in [9.17, 15) is 0 Å². The maximum atomic E-state index is 4.07. The van der Waals surface area contributed by atoms with Crippen LogP contribution in [0, 0.1) is 11.8 Å². The molecule has 0 bridgehead atoms. The zero-order valence-electron chi connectivity index (χ0n) is 14.0. The molecule has 3 atom stereocenters. The van der Waals surface area contributed by atoms with E-state index in [0.717, 1.165) is 23.9 Å². The summed E-state index contributed by atoms with van der Waals surface area (Å²) in [5, 5.41) is 4.07. The Hall–Kier alpha value is -0.0800. The predicted octanol–water partition coefficient (Wildman–Crippen LogP) is 4.06. The van der Waals surface area contributed by atoms with Gasteiger partial charge >= 0.3 is 0 Å². The summed E-state index contributed by atoms with van der Waals surface area (Å²) >= 11 is 0. The summed E-state index contributed by atoms with van der Waals surface area (Å²) in [5.74, 6) is 1.76. The maximum Gasteiger partial charge on any atom is 0.0100 e. The molecule has 2 nitrogen and oxygen atoms in total. The van der Waals surface area contributed by atoms with Gasteiger partial charge in [0.1, 0.15) is 0 Å². The molecule has 2 heteroatoms. The van der Waals surface area contributed by atoms with E-state index in [1.54, 1.807) is 0 Å². The maximum absolute atomic E-state index is 4.07. The van der Waals surface area contributed by atoms with Crippen molar-refractivity contribution in [2.45, 2.75) is 84.2 Å². The van der Waals surface area contributed by atoms with Gasteiger partial charge in [-0.15, -0.1) is 0 Å². The molecule has 0 spiro atoms. The predicted molar refractivity (Wildman–Crippen MR) is 88.1 cm³/mol. The van der Waals surface area contributed by atoms with E-state index in [4.69, 9.17) is 0 Å². The minimum Gasteiger partial charge on any atom is -0.311 e. The van der Waals surface area contributed by atoms with Gasteiger partial charge in [-0.3, -0.25) is 0 Å². The molecular weight excluding hydrogens is 244 g/mol. The number of hydrogen-bond acceptors (Lipinski definition) is 2. The highest BCUT2D eigenvalue weighted by Gasteiger charge is 2.29. The Kier molecular flexibility index (Phi) is 6.83. The van der Waals surface area contributed by atoms with Crippen molar-refractivity contribution in [2.75, 3.05) is 19.6 Å². The average Bonchev–Trinajstić information content (AvgIpc) is 2.65. The first kappa shape index (κ1) is 16.3. The summed E-state index contributed by atoms with van der Waals surface area (Å²) in [6.07, 6.45) is 11.2. The molecule has 20 heavy (non-hydrogen) atoms. The van der Waals surface area contributed by atoms with Crippen LogP contribution in [0.4, 0.5) is 0 Å². The molecule has 0 amide bonds. The zero-order chi connectivity index (χ0) is 14.4. The van der Waals surface area contributed by atoms with E-state index < -0.39 is 0 Å². The van der Waals surface area contributed by atoms with Gasteiger partial charge < -0.3 is 10.2 Å². The van der Waals surface area contributed by atoms with Crippen molar-refractivity contribution in [1.29, 1.82) is 0 Å². The Labute approximate surface area is 126 Å². The van der Waals surface area contributed by atoms with Crippen LogP contribution in [0.5, 0.6) is 0 Å². The van der Waals surface area contributed by atoms with E-state index in [0.29, 0.717) is 0 Å². The molecule has 0 radical (unpaired) electrons. The Morgan fingerprint density at radius 2 is 1.80 bits per heavy atom. The van der Waals surface area contributed by atoms with E-state index in [2.05, 4.69) is 31.0 Å². The van der Waals surface area contributed by atoms with Gasteiger partial charge in [0.05, 0.1) is 0 Å². The lowest BCUT2D eigenvalue weighted by atomic mass is 9.77. The molecule has 1 aliphatic carbocycles. The third kappa shape index (κ3) is 4.73. The van der Waals surface area contributed by atoms with Crippen LogP contribution in [-0.2, 0) is 0 Å². The molecule has 1 saturated heterocycles. The lowest BCUT2D eigenvalue weighted by molar-refractivity contribution is 0.186. The normalized spacial score (nSPS) is 33.3. The summed E-state index contributed by atoms with van der Waals surface area (Å²) in [6.45, 7) is 11.1. The van der Waals surface area contributed by atoms with Crippen molar-refractivity contribution in [3.8, 4) is 0 Å². The summed E-state index contributed by atoms with van der Waals surface area (Å²) in [4.78, 5) is 2.67. The second-order valence-electron chi connectivity index (χ2n) is 7.43. The SMILES string of the molecule is CCCN1CCCC(NC2CCCCC2C(C)C)CC1. The van der Waals surface area contributed by atoms with E-state index in [-0.39, 0.29) is 0 Å². The van der Waals surface area contributed by atoms with Crippen molar-refractivity contribution < 1.29 is 0 Å². The summed E-state index contributed by atoms with van der Waals surface area (Å²) in [7, 11) is 0. The molecule has 0 aromatic carbocycles. The van der Waals surface area contributed by atoms with Crippen LogP contribution in [0.25, 0.3) is 0 Å². The smallest absolute Gasteiger partial charge is 0.0100 e. The topological polar surface area (TPSA) is 15.3 Å². The fourth-order valence-electron chi connectivity index (χ4n) is 4.33. The Morgan fingerprint density at radius 1 is 1.00 bits per heavy atom. The lowest BCUT2D eigenvalue weighted by Crippen LogP contribution is -2.46. The summed E-state index contributed by atoms with van der Waals surface area (Å²) < 4.78 is 0. The van der Waals surface area contributed by atoms with Gasteiger partial charge in [0.2, 0.25) is 0 Å². The first-order valence-corrected chi connectivity index (χ1v) is 9.19. The third-order valence-corrected chi connectivity index (χ3v) is 5.49. The number of nitrogens with one attached hydrogen (secondary N) is 1. The molecule has 0 aromatic rings. The van der Waals surface area contributed by atoms with Crippen LogP contribution in [0.15, 0.2) is 0 Å². The van der Waals surface area contributed by atoms with Gasteiger partial charge in [-0.2, -0.15) is 0 Å². The fourth-order valence-corrected chi connectivity index (χ4v) is 4.33. The van der Waals surface area contributed by atoms with Gasteiger partial charge in [0, 0.05) is 12.1 Å². The third-order valence-electron chi connectivity index (χ3n) is 5.49. The van der Waals surface area contributed by atoms with E-state index in [1.807, 2.05) is 0 Å². The van der Waals surface area contributed by atoms with Crippen LogP contribution in [0.3, 0.4) is 0 Å². The molecule has 3 unspecified atom stereocenters. The molecule has 1 saturated carbocycles. The first-order chi connectivity index (χ1) is 9.70. The molecule has 2 aliphatic rings. The lowest BCUT2D eigenvalue weighted by Gasteiger charge is -2.37. The Balaban J connectivity index is 1.82. The van der Waals surface area contributed by atoms with Gasteiger partial charge in [-0.05, 0) is 70.0 Å². The molecule has 0 aromatic heterocycles. The van der Waals surface area contributed by atoms with Gasteiger partial charge in [-0.1, -0.05) is 33.6 Å². The second kappa shape index (κ2) is 8.38. The van der Waals surface area contributed by atoms with E-state index in [1.165, 1.54) is 71.0 Å². The summed E-state index contributed by atoms with van der Waals surface area (Å²) in [5.41, 5.74) is 0. The van der Waals surface area contributed by atoms with E-state index >= 15 is 0 Å². The molecular formula is C18H36N2. The van der Waals surface area contributed by atoms with Crippen molar-refractivity contribution in [3.05, 3.63) is 0 Å². The van der Waals surface area contributed by atoms with Crippen molar-refractivity contribution >= 4 is 0 Å². The zero-order valence-corrected chi connectivity index (χ0v) is 14.0. The van der Waals surface area contributed by atoms with Crippen LogP contribution in [0.2, 0.25) is 0 Å². The van der Waals surface area contributed by atoms with Gasteiger partial charge in [0.25, 0.3) is 0 Å². The highest BCUT2D eigenvalue weighted by atomic mass is 15.1. The number of nitrogens with zero attached hydrogens (tertiary/aromatic N) is 1. The van der Waals surface area contributed by atoms with Crippen LogP contribution < -0.4 is 5.32 Å². The van der Waals surface area contributed by atoms with Gasteiger partial charge in [-0.25, -0.2) is 0 Å². The van der Waals surface area contributed by atoms with Crippen molar-refractivity contribution in [2.24, 2.45) is 11.8 Å². The van der Waals surface area contributed by atoms with Gasteiger partial charge in [0.15, 0.2) is 0 Å². The largest absolute Gasteiger partial charge is 0.311 e. The standard InChI is InChI=1S/C18H36N2/c1-4-12-20-13-7-8-16(11-14-20)19-18-10-6-5-9-17(18)15(2)3/h15-19H,4-14H2,1-3H3. The molecule has 118 valence electrons. The Morgan fingerprint density at radius 3 is 2.55 bits per heavy atom. The van der Waals surface area contributed by atoms with Crippen LogP contribution in [-0.4, -0.2) is 36.6 Å². The molecule has 1 N–H and O–H groups in total.